The molecule has 96 heavy (non-hydrogen) atoms. The molecule has 0 spiro atoms. The fourth-order valence-corrected chi connectivity index (χ4v) is 11.3. The van der Waals surface area contributed by atoms with Crippen molar-refractivity contribution in [3.8, 4) is 0 Å². The maximum atomic E-state index is 13.1. The van der Waals surface area contributed by atoms with Gasteiger partial charge in [0.1, 0.15) is 19.3 Å². The summed E-state index contributed by atoms with van der Waals surface area (Å²) in [5.41, 5.74) is 0. The highest BCUT2D eigenvalue weighted by molar-refractivity contribution is 7.47. The average molecular weight is 1390 g/mol. The van der Waals surface area contributed by atoms with Crippen LogP contribution in [0.1, 0.15) is 297 Å². The molecule has 5 unspecified atom stereocenters. The highest BCUT2D eigenvalue weighted by Gasteiger charge is 2.30. The molecule has 5 atom stereocenters. The average Bonchev–Trinajstić information content (AvgIpc) is 1.11. The summed E-state index contributed by atoms with van der Waals surface area (Å²) in [5, 5.41) is 10.6. The monoisotopic (exact) mass is 1390 g/mol. The Morgan fingerprint density at radius 2 is 0.583 bits per heavy atom. The van der Waals surface area contributed by atoms with Crippen molar-refractivity contribution in [2.45, 2.75) is 316 Å². The molecule has 0 bridgehead atoms. The van der Waals surface area contributed by atoms with Crippen molar-refractivity contribution in [3.63, 3.8) is 0 Å². The summed E-state index contributed by atoms with van der Waals surface area (Å²) < 4.78 is 68.2. The minimum absolute atomic E-state index is 0.0702. The molecule has 0 saturated carbocycles. The highest BCUT2D eigenvalue weighted by atomic mass is 31.2. The van der Waals surface area contributed by atoms with E-state index in [2.05, 4.69) is 113 Å². The van der Waals surface area contributed by atoms with Crippen molar-refractivity contribution in [1.82, 2.24) is 0 Å². The van der Waals surface area contributed by atoms with Crippen LogP contribution in [-0.4, -0.2) is 96.7 Å². The fourth-order valence-electron chi connectivity index (χ4n) is 9.70. The van der Waals surface area contributed by atoms with Crippen molar-refractivity contribution < 1.29 is 80.2 Å². The third kappa shape index (κ3) is 68.3. The number of hydrogen-bond acceptors (Lipinski definition) is 15. The number of unbranched alkanes of at least 4 members (excludes halogenated alkanes) is 26. The molecule has 0 heterocycles. The predicted molar refractivity (Wildman–Crippen MR) is 390 cm³/mol. The summed E-state index contributed by atoms with van der Waals surface area (Å²) >= 11 is 0. The number of phosphoric ester groups is 2. The maximum absolute atomic E-state index is 13.1. The summed E-state index contributed by atoms with van der Waals surface area (Å²) in [5.74, 6) is -2.36. The van der Waals surface area contributed by atoms with E-state index in [1.165, 1.54) is 103 Å². The molecule has 0 aliphatic heterocycles. The van der Waals surface area contributed by atoms with Crippen LogP contribution in [-0.2, 0) is 65.4 Å². The van der Waals surface area contributed by atoms with Crippen molar-refractivity contribution in [1.29, 1.82) is 0 Å². The lowest BCUT2D eigenvalue weighted by molar-refractivity contribution is -0.161. The lowest BCUT2D eigenvalue weighted by atomic mass is 10.0. The number of aliphatic hydroxyl groups excluding tert-OH is 1. The normalized spacial score (nSPS) is 14.6. The summed E-state index contributed by atoms with van der Waals surface area (Å²) in [6.45, 7) is 4.48. The number of carbonyl (C=O) groups is 4. The third-order valence-corrected chi connectivity index (χ3v) is 17.2. The predicted octanol–water partition coefficient (Wildman–Crippen LogP) is 21.0. The van der Waals surface area contributed by atoms with Crippen molar-refractivity contribution in [3.05, 3.63) is 109 Å². The van der Waals surface area contributed by atoms with Gasteiger partial charge in [-0.05, 0) is 89.9 Å². The summed E-state index contributed by atoms with van der Waals surface area (Å²) in [6, 6.07) is 0. The number of hydrogen-bond donors (Lipinski definition) is 3. The molecule has 19 heteroatoms. The molecule has 0 aromatic carbocycles. The van der Waals surface area contributed by atoms with Crippen LogP contribution >= 0.6 is 15.6 Å². The molecular formula is C77H132O17P2. The third-order valence-electron chi connectivity index (χ3n) is 15.3. The Bertz CT molecular complexity index is 2250. The van der Waals surface area contributed by atoms with Crippen molar-refractivity contribution >= 4 is 39.5 Å². The van der Waals surface area contributed by atoms with Gasteiger partial charge in [0, 0.05) is 19.3 Å². The SMILES string of the molecule is CC/C=C\C/C=C\C/C=C\C/C=C\C/C=C\CC(=O)OCC(COP(=O)(O)OCC(O)COP(=O)(O)OCC(COC(=O)CCCC/C=C\C/C=C\C/C=C\C/C=C\CC)OC(=O)CCCCCCCCCCCCCCCCC)OC(=O)CCCCCCCCCCCCC. The first-order valence-corrected chi connectivity index (χ1v) is 40.1. The van der Waals surface area contributed by atoms with Gasteiger partial charge in [0.2, 0.25) is 0 Å². The quantitative estimate of drug-likeness (QED) is 0.0169. The van der Waals surface area contributed by atoms with Gasteiger partial charge in [-0.15, -0.1) is 0 Å². The molecule has 0 aromatic rings. The van der Waals surface area contributed by atoms with Gasteiger partial charge in [0.05, 0.1) is 32.8 Å². The first kappa shape index (κ1) is 91.7. The van der Waals surface area contributed by atoms with Crippen LogP contribution in [0.4, 0.5) is 0 Å². The molecule has 0 fully saturated rings. The zero-order chi connectivity index (χ0) is 70.4. The Morgan fingerprint density at radius 1 is 0.312 bits per heavy atom. The van der Waals surface area contributed by atoms with Crippen LogP contribution in [0.2, 0.25) is 0 Å². The largest absolute Gasteiger partial charge is 0.472 e. The number of rotatable bonds is 69. The van der Waals surface area contributed by atoms with E-state index in [0.717, 1.165) is 116 Å². The van der Waals surface area contributed by atoms with E-state index < -0.39 is 97.5 Å². The van der Waals surface area contributed by atoms with E-state index in [-0.39, 0.29) is 25.7 Å². The highest BCUT2D eigenvalue weighted by Crippen LogP contribution is 2.45. The number of allylic oxidation sites excluding steroid dienone is 17. The Kier molecular flexibility index (Phi) is 66.1. The lowest BCUT2D eigenvalue weighted by Gasteiger charge is -2.21. The van der Waals surface area contributed by atoms with Gasteiger partial charge in [0.15, 0.2) is 12.2 Å². The van der Waals surface area contributed by atoms with E-state index in [4.69, 9.17) is 37.0 Å². The molecule has 552 valence electrons. The molecule has 3 N–H and O–H groups in total. The molecule has 0 aliphatic rings. The standard InChI is InChI=1S/C77H132O17P2/c1-5-9-13-17-21-25-29-32-35-38-42-45-49-53-57-61-74(79)87-67-72(93-76(81)63-59-55-51-47-41-28-24-20-16-12-8-4)69-91-95(83,84)89-65-71(78)66-90-96(85,86)92-70-73(94-77(82)64-60-56-52-48-44-40-37-34-31-27-23-19-15-11-7-3)68-88-75(80)62-58-54-50-46-43-39-36-33-30-26-22-18-14-10-6-2/h9-10,13-14,21-22,25-26,32-33,35-36,42-43,45-46,53,57,71-73,78H,5-8,11-12,15-20,23-24,27-31,34,37-41,44,47-52,54-56,58-70H2,1-4H3,(H,83,84)(H,85,86)/b13-9-,14-10-,25-21-,26-22-,35-32-,36-33-,45-42-,46-43-,57-53-. The molecule has 0 aliphatic carbocycles. The van der Waals surface area contributed by atoms with Gasteiger partial charge in [-0.1, -0.05) is 291 Å². The van der Waals surface area contributed by atoms with Gasteiger partial charge in [-0.25, -0.2) is 9.13 Å². The van der Waals surface area contributed by atoms with Crippen LogP contribution < -0.4 is 0 Å². The van der Waals surface area contributed by atoms with E-state index in [1.54, 1.807) is 6.08 Å². The van der Waals surface area contributed by atoms with E-state index in [0.29, 0.717) is 25.7 Å². The zero-order valence-corrected chi connectivity index (χ0v) is 61.8. The first-order valence-electron chi connectivity index (χ1n) is 37.1. The molecule has 17 nitrogen and oxygen atoms in total. The van der Waals surface area contributed by atoms with Gasteiger partial charge >= 0.3 is 39.5 Å². The maximum Gasteiger partial charge on any atom is 0.472 e. The van der Waals surface area contributed by atoms with Crippen molar-refractivity contribution in [2.75, 3.05) is 39.6 Å². The van der Waals surface area contributed by atoms with Crippen LogP contribution in [0, 0.1) is 0 Å². The fraction of sp³-hybridized carbons (Fsp3) is 0.714. The second-order valence-corrected chi connectivity index (χ2v) is 27.4. The summed E-state index contributed by atoms with van der Waals surface area (Å²) in [7, 11) is -9.97. The number of ether oxygens (including phenoxy) is 4. The molecule has 0 saturated heterocycles. The van der Waals surface area contributed by atoms with E-state index >= 15 is 0 Å². The smallest absolute Gasteiger partial charge is 0.462 e. The zero-order valence-electron chi connectivity index (χ0n) is 60.0. The van der Waals surface area contributed by atoms with Gasteiger partial charge in [0.25, 0.3) is 0 Å². The second-order valence-electron chi connectivity index (χ2n) is 24.5. The lowest BCUT2D eigenvalue weighted by Crippen LogP contribution is -2.30. The number of esters is 4. The van der Waals surface area contributed by atoms with E-state index in [1.807, 2.05) is 18.2 Å². The van der Waals surface area contributed by atoms with E-state index in [9.17, 15) is 43.2 Å². The van der Waals surface area contributed by atoms with Crippen molar-refractivity contribution in [2.24, 2.45) is 0 Å². The Labute approximate surface area is 581 Å². The summed E-state index contributed by atoms with van der Waals surface area (Å²) in [4.78, 5) is 72.6. The molecular weight excluding hydrogens is 1260 g/mol. The van der Waals surface area contributed by atoms with Gasteiger partial charge < -0.3 is 33.8 Å². The first-order chi connectivity index (χ1) is 46.7. The van der Waals surface area contributed by atoms with Crippen LogP contribution in [0.15, 0.2) is 109 Å². The van der Waals surface area contributed by atoms with Gasteiger partial charge in [-0.3, -0.25) is 37.3 Å². The second kappa shape index (κ2) is 69.2. The molecule has 0 radical (unpaired) electrons. The Hall–Kier alpha value is -4.28. The topological polar surface area (TPSA) is 237 Å². The van der Waals surface area contributed by atoms with Crippen LogP contribution in [0.25, 0.3) is 0 Å². The van der Waals surface area contributed by atoms with Crippen LogP contribution in [0.3, 0.4) is 0 Å². The molecule has 0 amide bonds. The number of carbonyl (C=O) groups excluding carboxylic acids is 4. The Morgan fingerprint density at radius 3 is 0.927 bits per heavy atom. The Balaban J connectivity index is 5.41. The summed E-state index contributed by atoms with van der Waals surface area (Å²) in [6.07, 6.45) is 72.7. The van der Waals surface area contributed by atoms with Crippen LogP contribution in [0.5, 0.6) is 0 Å². The molecule has 0 aromatic heterocycles. The molecule has 0 rings (SSSR count). The van der Waals surface area contributed by atoms with Gasteiger partial charge in [-0.2, -0.15) is 0 Å². The minimum atomic E-state index is -4.99. The number of aliphatic hydroxyl groups is 1. The minimum Gasteiger partial charge on any atom is -0.462 e. The number of phosphoric acid groups is 2.